The van der Waals surface area contributed by atoms with E-state index in [1.54, 1.807) is 0 Å². The number of nitrogens with one attached hydrogen (secondary N) is 2. The number of aliphatic imine (C=N–C) groups is 1. The lowest BCUT2D eigenvalue weighted by Gasteiger charge is -2.40. The van der Waals surface area contributed by atoms with Gasteiger partial charge < -0.3 is 15.4 Å². The van der Waals surface area contributed by atoms with Crippen molar-refractivity contribution in [2.75, 3.05) is 25.6 Å². The van der Waals surface area contributed by atoms with Gasteiger partial charge in [0.15, 0.2) is 5.96 Å². The second-order valence-corrected chi connectivity index (χ2v) is 7.41. The normalized spacial score (nSPS) is 21.6. The monoisotopic (exact) mass is 461 g/mol. The quantitative estimate of drug-likeness (QED) is 0.308. The first-order valence-corrected chi connectivity index (χ1v) is 9.90. The summed E-state index contributed by atoms with van der Waals surface area (Å²) in [5.74, 6) is 3.00. The molecule has 2 aliphatic rings. The zero-order chi connectivity index (χ0) is 16.1. The molecule has 1 atom stereocenters. The van der Waals surface area contributed by atoms with Crippen molar-refractivity contribution in [2.24, 2.45) is 4.99 Å². The standard InChI is InChI=1S/C18H27N3OS.HI/c1-19-17(20-11-12-23-2)21-15-13-18(9-5-6-10-18)22-16-8-4-3-7-14(15)16;/h3-4,7-8,15H,5-6,9-13H2,1-2H3,(H2,19,20,21);1H. The van der Waals surface area contributed by atoms with Gasteiger partial charge in [-0.1, -0.05) is 18.2 Å². The van der Waals surface area contributed by atoms with E-state index in [9.17, 15) is 0 Å². The Balaban J connectivity index is 0.00000208. The van der Waals surface area contributed by atoms with Crippen LogP contribution in [0.15, 0.2) is 29.3 Å². The van der Waals surface area contributed by atoms with Crippen molar-refractivity contribution < 1.29 is 4.74 Å². The van der Waals surface area contributed by atoms with Gasteiger partial charge in [0.2, 0.25) is 0 Å². The third-order valence-electron chi connectivity index (χ3n) is 4.84. The van der Waals surface area contributed by atoms with Gasteiger partial charge in [-0.3, -0.25) is 4.99 Å². The summed E-state index contributed by atoms with van der Waals surface area (Å²) in [6.07, 6.45) is 8.02. The van der Waals surface area contributed by atoms with Crippen molar-refractivity contribution in [3.8, 4) is 5.75 Å². The molecule has 1 heterocycles. The minimum atomic E-state index is 0. The van der Waals surface area contributed by atoms with Crippen molar-refractivity contribution >= 4 is 41.7 Å². The predicted molar refractivity (Wildman–Crippen MR) is 114 cm³/mol. The molecule has 0 amide bonds. The molecule has 3 rings (SSSR count). The van der Waals surface area contributed by atoms with Gasteiger partial charge in [0.1, 0.15) is 11.4 Å². The van der Waals surface area contributed by atoms with Crippen LogP contribution in [0.5, 0.6) is 5.75 Å². The number of hydrogen-bond acceptors (Lipinski definition) is 3. The van der Waals surface area contributed by atoms with E-state index in [1.807, 2.05) is 18.8 Å². The average Bonchev–Trinajstić information content (AvgIpc) is 3.01. The van der Waals surface area contributed by atoms with Crippen LogP contribution in [0.2, 0.25) is 0 Å². The molecule has 0 aromatic heterocycles. The van der Waals surface area contributed by atoms with Gasteiger partial charge in [-0.2, -0.15) is 11.8 Å². The summed E-state index contributed by atoms with van der Waals surface area (Å²) in [7, 11) is 1.84. The van der Waals surface area contributed by atoms with Crippen LogP contribution in [-0.2, 0) is 0 Å². The molecule has 2 N–H and O–H groups in total. The second-order valence-electron chi connectivity index (χ2n) is 6.42. The molecule has 0 radical (unpaired) electrons. The molecule has 134 valence electrons. The smallest absolute Gasteiger partial charge is 0.191 e. The molecular formula is C18H28IN3OS. The second kappa shape index (κ2) is 9.17. The van der Waals surface area contributed by atoms with Crippen LogP contribution in [-0.4, -0.2) is 37.2 Å². The van der Waals surface area contributed by atoms with E-state index in [2.05, 4.69) is 46.1 Å². The lowest BCUT2D eigenvalue weighted by atomic mass is 9.86. The predicted octanol–water partition coefficient (Wildman–Crippen LogP) is 3.97. The average molecular weight is 461 g/mol. The van der Waals surface area contributed by atoms with Crippen LogP contribution < -0.4 is 15.4 Å². The number of para-hydroxylation sites is 1. The summed E-state index contributed by atoms with van der Waals surface area (Å²) in [5, 5.41) is 7.03. The van der Waals surface area contributed by atoms with Crippen molar-refractivity contribution in [3.05, 3.63) is 29.8 Å². The molecule has 1 aromatic carbocycles. The van der Waals surface area contributed by atoms with Gasteiger partial charge >= 0.3 is 0 Å². The van der Waals surface area contributed by atoms with Crippen LogP contribution in [0.25, 0.3) is 0 Å². The summed E-state index contributed by atoms with van der Waals surface area (Å²) in [6, 6.07) is 8.69. The zero-order valence-electron chi connectivity index (χ0n) is 14.5. The van der Waals surface area contributed by atoms with Gasteiger partial charge in [-0.05, 0) is 38.0 Å². The van der Waals surface area contributed by atoms with Gasteiger partial charge in [0, 0.05) is 31.3 Å². The largest absolute Gasteiger partial charge is 0.487 e. The number of fused-ring (bicyclic) bond motifs is 1. The van der Waals surface area contributed by atoms with Gasteiger partial charge in [-0.25, -0.2) is 0 Å². The molecule has 1 saturated carbocycles. The number of halogens is 1. The first-order valence-electron chi connectivity index (χ1n) is 8.50. The Morgan fingerprint density at radius 1 is 1.33 bits per heavy atom. The first kappa shape index (κ1) is 19.7. The van der Waals surface area contributed by atoms with E-state index >= 15 is 0 Å². The molecular weight excluding hydrogens is 433 g/mol. The van der Waals surface area contributed by atoms with Gasteiger partial charge in [0.05, 0.1) is 6.04 Å². The Morgan fingerprint density at radius 3 is 2.79 bits per heavy atom. The van der Waals surface area contributed by atoms with E-state index in [0.29, 0.717) is 0 Å². The molecule has 1 fully saturated rings. The summed E-state index contributed by atoms with van der Waals surface area (Å²) in [4.78, 5) is 4.39. The fraction of sp³-hybridized carbons (Fsp3) is 0.611. The maximum Gasteiger partial charge on any atom is 0.191 e. The third kappa shape index (κ3) is 4.50. The molecule has 0 saturated heterocycles. The Labute approximate surface area is 166 Å². The van der Waals surface area contributed by atoms with Crippen molar-refractivity contribution in [2.45, 2.75) is 43.7 Å². The maximum absolute atomic E-state index is 6.42. The van der Waals surface area contributed by atoms with Crippen LogP contribution in [0, 0.1) is 0 Å². The lowest BCUT2D eigenvalue weighted by Crippen LogP contribution is -2.47. The molecule has 1 aliphatic heterocycles. The van der Waals surface area contributed by atoms with E-state index in [-0.39, 0.29) is 35.6 Å². The first-order chi connectivity index (χ1) is 11.3. The van der Waals surface area contributed by atoms with E-state index in [1.165, 1.54) is 18.4 Å². The Bertz CT molecular complexity index is 561. The highest BCUT2D eigenvalue weighted by molar-refractivity contribution is 14.0. The molecule has 1 spiro atoms. The number of thioether (sulfide) groups is 1. The van der Waals surface area contributed by atoms with Crippen LogP contribution in [0.3, 0.4) is 0 Å². The van der Waals surface area contributed by atoms with Crippen molar-refractivity contribution in [1.29, 1.82) is 0 Å². The lowest BCUT2D eigenvalue weighted by molar-refractivity contribution is 0.0396. The fourth-order valence-corrected chi connectivity index (χ4v) is 4.01. The molecule has 1 aliphatic carbocycles. The Morgan fingerprint density at radius 2 is 2.08 bits per heavy atom. The third-order valence-corrected chi connectivity index (χ3v) is 5.46. The van der Waals surface area contributed by atoms with Crippen molar-refractivity contribution in [1.82, 2.24) is 10.6 Å². The number of nitrogens with zero attached hydrogens (tertiary/aromatic N) is 1. The molecule has 24 heavy (non-hydrogen) atoms. The van der Waals surface area contributed by atoms with Gasteiger partial charge in [-0.15, -0.1) is 24.0 Å². The zero-order valence-corrected chi connectivity index (χ0v) is 17.7. The number of benzene rings is 1. The Hall–Kier alpha value is -0.630. The minimum Gasteiger partial charge on any atom is -0.487 e. The SMILES string of the molecule is CN=C(NCCSC)NC1CC2(CCCC2)Oc2ccccc21.I. The van der Waals surface area contributed by atoms with Crippen molar-refractivity contribution in [3.63, 3.8) is 0 Å². The van der Waals surface area contributed by atoms with Crippen LogP contribution >= 0.6 is 35.7 Å². The van der Waals surface area contributed by atoms with E-state index in [0.717, 1.165) is 43.3 Å². The van der Waals surface area contributed by atoms with Gasteiger partial charge in [0.25, 0.3) is 0 Å². The maximum atomic E-state index is 6.42. The topological polar surface area (TPSA) is 45.7 Å². The number of hydrogen-bond donors (Lipinski definition) is 2. The molecule has 0 bridgehead atoms. The highest BCUT2D eigenvalue weighted by Crippen LogP contribution is 2.46. The number of ether oxygens (including phenoxy) is 1. The van der Waals surface area contributed by atoms with E-state index in [4.69, 9.17) is 4.74 Å². The highest BCUT2D eigenvalue weighted by atomic mass is 127. The molecule has 1 unspecified atom stereocenters. The summed E-state index contributed by atoms with van der Waals surface area (Å²) in [5.41, 5.74) is 1.27. The fourth-order valence-electron chi connectivity index (χ4n) is 3.70. The highest BCUT2D eigenvalue weighted by Gasteiger charge is 2.43. The molecule has 6 heteroatoms. The van der Waals surface area contributed by atoms with Crippen LogP contribution in [0.1, 0.15) is 43.7 Å². The summed E-state index contributed by atoms with van der Waals surface area (Å²) in [6.45, 7) is 0.927. The number of rotatable bonds is 4. The summed E-state index contributed by atoms with van der Waals surface area (Å²) < 4.78 is 6.42. The molecule has 1 aromatic rings. The summed E-state index contributed by atoms with van der Waals surface area (Å²) >= 11 is 1.84. The van der Waals surface area contributed by atoms with Crippen LogP contribution in [0.4, 0.5) is 0 Å². The minimum absolute atomic E-state index is 0. The number of guanidine groups is 1. The van der Waals surface area contributed by atoms with E-state index < -0.39 is 0 Å². The molecule has 4 nitrogen and oxygen atoms in total. The Kier molecular flexibility index (Phi) is 7.53.